The van der Waals surface area contributed by atoms with Crippen molar-refractivity contribution < 1.29 is 13.9 Å². The van der Waals surface area contributed by atoms with Crippen molar-refractivity contribution in [1.82, 2.24) is 0 Å². The zero-order valence-corrected chi connectivity index (χ0v) is 11.7. The molecule has 0 atom stereocenters. The fraction of sp³-hybridized carbons (Fsp3) is 0.188. The normalized spacial score (nSPS) is 10.2. The van der Waals surface area contributed by atoms with Crippen LogP contribution in [0, 0.1) is 12.7 Å². The van der Waals surface area contributed by atoms with Gasteiger partial charge in [-0.3, -0.25) is 4.79 Å². The summed E-state index contributed by atoms with van der Waals surface area (Å²) in [5, 5.41) is 0. The van der Waals surface area contributed by atoms with Gasteiger partial charge in [0.1, 0.15) is 11.6 Å². The fourth-order valence-electron chi connectivity index (χ4n) is 1.90. The second-order valence-electron chi connectivity index (χ2n) is 4.55. The minimum Gasteiger partial charge on any atom is -0.497 e. The van der Waals surface area contributed by atoms with E-state index in [4.69, 9.17) is 4.74 Å². The van der Waals surface area contributed by atoms with Crippen LogP contribution in [-0.4, -0.2) is 20.1 Å². The Labute approximate surface area is 117 Å². The van der Waals surface area contributed by atoms with Gasteiger partial charge in [-0.05, 0) is 48.9 Å². The summed E-state index contributed by atoms with van der Waals surface area (Å²) in [7, 11) is 3.19. The third-order valence-electron chi connectivity index (χ3n) is 3.12. The molecule has 0 bridgehead atoms. The van der Waals surface area contributed by atoms with Crippen molar-refractivity contribution in [2.24, 2.45) is 0 Å². The Morgan fingerprint density at radius 3 is 2.35 bits per heavy atom. The zero-order valence-electron chi connectivity index (χ0n) is 11.7. The molecule has 104 valence electrons. The molecule has 0 aromatic heterocycles. The van der Waals surface area contributed by atoms with Gasteiger partial charge in [-0.2, -0.15) is 0 Å². The molecule has 0 spiro atoms. The molecule has 0 radical (unpaired) electrons. The smallest absolute Gasteiger partial charge is 0.260 e. The minimum absolute atomic E-state index is 0.0638. The first-order chi connectivity index (χ1) is 9.52. The van der Waals surface area contributed by atoms with Crippen molar-refractivity contribution in [3.63, 3.8) is 0 Å². The first-order valence-corrected chi connectivity index (χ1v) is 6.21. The van der Waals surface area contributed by atoms with Crippen LogP contribution >= 0.6 is 0 Å². The molecule has 0 aliphatic heterocycles. The van der Waals surface area contributed by atoms with Gasteiger partial charge < -0.3 is 9.64 Å². The Balaban J connectivity index is 2.27. The molecule has 0 saturated carbocycles. The number of amides is 1. The average Bonchev–Trinajstić information content (AvgIpc) is 2.46. The average molecular weight is 273 g/mol. The predicted octanol–water partition coefficient (Wildman–Crippen LogP) is 3.42. The Kier molecular flexibility index (Phi) is 4.03. The summed E-state index contributed by atoms with van der Waals surface area (Å²) in [6.45, 7) is 1.78. The second kappa shape index (κ2) is 5.74. The maximum atomic E-state index is 13.8. The number of anilines is 1. The van der Waals surface area contributed by atoms with Crippen LogP contribution in [0.2, 0.25) is 0 Å². The van der Waals surface area contributed by atoms with Crippen molar-refractivity contribution in [2.45, 2.75) is 6.92 Å². The molecule has 2 rings (SSSR count). The van der Waals surface area contributed by atoms with Crippen LogP contribution in [0.3, 0.4) is 0 Å². The minimum atomic E-state index is -0.504. The molecular formula is C16H16FNO2. The number of carbonyl (C=O) groups excluding carboxylic acids is 1. The van der Waals surface area contributed by atoms with Crippen LogP contribution in [0.4, 0.5) is 10.1 Å². The Bertz CT molecular complexity index is 623. The summed E-state index contributed by atoms with van der Waals surface area (Å²) in [6, 6.07) is 11.6. The number of ether oxygens (including phenoxy) is 1. The first kappa shape index (κ1) is 14.1. The van der Waals surface area contributed by atoms with Gasteiger partial charge in [0, 0.05) is 12.7 Å². The molecule has 2 aromatic rings. The number of carbonyl (C=O) groups is 1. The molecule has 0 N–H and O–H groups in total. The van der Waals surface area contributed by atoms with Gasteiger partial charge in [0.25, 0.3) is 5.91 Å². The molecule has 4 heteroatoms. The van der Waals surface area contributed by atoms with E-state index in [1.807, 2.05) is 0 Å². The number of rotatable bonds is 3. The third-order valence-corrected chi connectivity index (χ3v) is 3.12. The van der Waals surface area contributed by atoms with E-state index in [-0.39, 0.29) is 11.5 Å². The van der Waals surface area contributed by atoms with Crippen molar-refractivity contribution in [2.75, 3.05) is 19.1 Å². The summed E-state index contributed by atoms with van der Waals surface area (Å²) >= 11 is 0. The molecule has 0 aliphatic carbocycles. The van der Waals surface area contributed by atoms with Crippen molar-refractivity contribution in [1.29, 1.82) is 0 Å². The number of halogens is 1. The zero-order chi connectivity index (χ0) is 14.7. The topological polar surface area (TPSA) is 29.5 Å². The maximum absolute atomic E-state index is 13.8. The summed E-state index contributed by atoms with van der Waals surface area (Å²) in [4.78, 5) is 13.7. The van der Waals surface area contributed by atoms with Gasteiger partial charge in [0.15, 0.2) is 0 Å². The molecule has 0 unspecified atom stereocenters. The molecule has 1 amide bonds. The van der Waals surface area contributed by atoms with E-state index in [9.17, 15) is 9.18 Å². The highest BCUT2D eigenvalue weighted by Crippen LogP contribution is 2.21. The van der Waals surface area contributed by atoms with Crippen molar-refractivity contribution >= 4 is 11.6 Å². The SMILES string of the molecule is COc1ccc(N(C)C(=O)c2ccc(C)cc2F)cc1. The monoisotopic (exact) mass is 273 g/mol. The lowest BCUT2D eigenvalue weighted by molar-refractivity contribution is 0.0989. The largest absolute Gasteiger partial charge is 0.497 e. The highest BCUT2D eigenvalue weighted by Gasteiger charge is 2.17. The van der Waals surface area contributed by atoms with E-state index in [1.165, 1.54) is 17.0 Å². The number of hydrogen-bond acceptors (Lipinski definition) is 2. The molecule has 3 nitrogen and oxygen atoms in total. The van der Waals surface area contributed by atoms with E-state index in [0.717, 1.165) is 5.56 Å². The van der Waals surface area contributed by atoms with E-state index in [1.54, 1.807) is 51.4 Å². The number of hydrogen-bond donors (Lipinski definition) is 0. The maximum Gasteiger partial charge on any atom is 0.260 e. The molecular weight excluding hydrogens is 257 g/mol. The van der Waals surface area contributed by atoms with Gasteiger partial charge in [-0.15, -0.1) is 0 Å². The molecule has 0 fully saturated rings. The highest BCUT2D eigenvalue weighted by molar-refractivity contribution is 6.05. The second-order valence-corrected chi connectivity index (χ2v) is 4.55. The van der Waals surface area contributed by atoms with Crippen molar-refractivity contribution in [3.05, 3.63) is 59.4 Å². The van der Waals surface area contributed by atoms with Crippen molar-refractivity contribution in [3.8, 4) is 5.75 Å². The lowest BCUT2D eigenvalue weighted by Gasteiger charge is -2.18. The number of nitrogens with zero attached hydrogens (tertiary/aromatic N) is 1. The Morgan fingerprint density at radius 1 is 1.15 bits per heavy atom. The lowest BCUT2D eigenvalue weighted by Crippen LogP contribution is -2.27. The van der Waals surface area contributed by atoms with Gasteiger partial charge in [0.2, 0.25) is 0 Å². The fourth-order valence-corrected chi connectivity index (χ4v) is 1.90. The van der Waals surface area contributed by atoms with Gasteiger partial charge >= 0.3 is 0 Å². The van der Waals surface area contributed by atoms with Gasteiger partial charge in [-0.25, -0.2) is 4.39 Å². The van der Waals surface area contributed by atoms with Gasteiger partial charge in [0.05, 0.1) is 12.7 Å². The summed E-state index contributed by atoms with van der Waals surface area (Å²) in [5.74, 6) is -0.181. The van der Waals surface area contributed by atoms with Crippen LogP contribution in [0.5, 0.6) is 5.75 Å². The van der Waals surface area contributed by atoms with Gasteiger partial charge in [-0.1, -0.05) is 6.07 Å². The van der Waals surface area contributed by atoms with Crippen LogP contribution in [-0.2, 0) is 0 Å². The molecule has 2 aromatic carbocycles. The third kappa shape index (κ3) is 2.79. The molecule has 20 heavy (non-hydrogen) atoms. The number of methoxy groups -OCH3 is 1. The first-order valence-electron chi connectivity index (χ1n) is 6.21. The number of aryl methyl sites for hydroxylation is 1. The standard InChI is InChI=1S/C16H16FNO2/c1-11-4-9-14(15(17)10-11)16(19)18(2)12-5-7-13(20-3)8-6-12/h4-10H,1-3H3. The highest BCUT2D eigenvalue weighted by atomic mass is 19.1. The van der Waals surface area contributed by atoms with E-state index in [0.29, 0.717) is 11.4 Å². The van der Waals surface area contributed by atoms with Crippen LogP contribution in [0.1, 0.15) is 15.9 Å². The van der Waals surface area contributed by atoms with E-state index in [2.05, 4.69) is 0 Å². The number of benzene rings is 2. The van der Waals surface area contributed by atoms with E-state index >= 15 is 0 Å². The van der Waals surface area contributed by atoms with Crippen LogP contribution in [0.25, 0.3) is 0 Å². The summed E-state index contributed by atoms with van der Waals surface area (Å²) in [5.41, 5.74) is 1.52. The Hall–Kier alpha value is -2.36. The van der Waals surface area contributed by atoms with Crippen LogP contribution < -0.4 is 9.64 Å². The lowest BCUT2D eigenvalue weighted by atomic mass is 10.1. The molecule has 0 heterocycles. The molecule has 0 saturated heterocycles. The summed E-state index contributed by atoms with van der Waals surface area (Å²) in [6.07, 6.45) is 0. The quantitative estimate of drug-likeness (QED) is 0.857. The van der Waals surface area contributed by atoms with E-state index < -0.39 is 5.82 Å². The Morgan fingerprint density at radius 2 is 1.80 bits per heavy atom. The predicted molar refractivity (Wildman–Crippen MR) is 76.9 cm³/mol. The molecule has 0 aliphatic rings. The summed E-state index contributed by atoms with van der Waals surface area (Å²) < 4.78 is 18.9. The van der Waals surface area contributed by atoms with Crippen LogP contribution in [0.15, 0.2) is 42.5 Å².